The summed E-state index contributed by atoms with van der Waals surface area (Å²) in [5.74, 6) is 0.0805. The predicted molar refractivity (Wildman–Crippen MR) is 109 cm³/mol. The van der Waals surface area contributed by atoms with E-state index in [2.05, 4.69) is 36.2 Å². The molecule has 0 spiro atoms. The number of carbonyl (C=O) groups excluding carboxylic acids is 1. The predicted octanol–water partition coefficient (Wildman–Crippen LogP) is 5.28. The van der Waals surface area contributed by atoms with Crippen LogP contribution in [0.5, 0.6) is 0 Å². The molecular formula is C21H21ClN2OS. The number of benzene rings is 2. The van der Waals surface area contributed by atoms with Crippen LogP contribution >= 0.6 is 22.9 Å². The zero-order valence-electron chi connectivity index (χ0n) is 15.1. The van der Waals surface area contributed by atoms with E-state index in [9.17, 15) is 4.79 Å². The zero-order valence-corrected chi connectivity index (χ0v) is 16.7. The van der Waals surface area contributed by atoms with Crippen LogP contribution in [-0.4, -0.2) is 22.8 Å². The Morgan fingerprint density at radius 2 is 1.73 bits per heavy atom. The van der Waals surface area contributed by atoms with Crippen LogP contribution in [0, 0.1) is 13.8 Å². The third-order valence-electron chi connectivity index (χ3n) is 4.20. The van der Waals surface area contributed by atoms with Gasteiger partial charge in [0.1, 0.15) is 0 Å². The van der Waals surface area contributed by atoms with Gasteiger partial charge in [-0.05, 0) is 31.5 Å². The van der Waals surface area contributed by atoms with Gasteiger partial charge in [-0.1, -0.05) is 53.6 Å². The highest BCUT2D eigenvalue weighted by Gasteiger charge is 2.17. The first-order valence-corrected chi connectivity index (χ1v) is 9.63. The highest BCUT2D eigenvalue weighted by Crippen LogP contribution is 2.29. The average molecular weight is 385 g/mol. The molecule has 3 aromatic rings. The van der Waals surface area contributed by atoms with Crippen LogP contribution in [0.25, 0.3) is 11.3 Å². The van der Waals surface area contributed by atoms with Crippen LogP contribution in [0.15, 0.2) is 48.5 Å². The Morgan fingerprint density at radius 3 is 2.38 bits per heavy atom. The van der Waals surface area contributed by atoms with Crippen molar-refractivity contribution in [1.82, 2.24) is 9.88 Å². The highest BCUT2D eigenvalue weighted by atomic mass is 35.5. The molecule has 1 heterocycles. The van der Waals surface area contributed by atoms with Gasteiger partial charge in [0.2, 0.25) is 5.91 Å². The summed E-state index contributed by atoms with van der Waals surface area (Å²) in [6.45, 7) is 4.60. The molecule has 0 aliphatic carbocycles. The van der Waals surface area contributed by atoms with Crippen LogP contribution in [-0.2, 0) is 17.8 Å². The Hall–Kier alpha value is -2.17. The van der Waals surface area contributed by atoms with Gasteiger partial charge in [0.25, 0.3) is 0 Å². The summed E-state index contributed by atoms with van der Waals surface area (Å²) < 4.78 is 0. The van der Waals surface area contributed by atoms with E-state index in [1.807, 2.05) is 38.2 Å². The minimum atomic E-state index is 0.0805. The molecule has 3 rings (SSSR count). The molecule has 0 aliphatic heterocycles. The maximum Gasteiger partial charge on any atom is 0.227 e. The fourth-order valence-electron chi connectivity index (χ4n) is 2.75. The van der Waals surface area contributed by atoms with Gasteiger partial charge in [0.05, 0.1) is 17.1 Å². The number of halogens is 1. The van der Waals surface area contributed by atoms with Gasteiger partial charge in [-0.3, -0.25) is 4.79 Å². The lowest BCUT2D eigenvalue weighted by molar-refractivity contribution is -0.129. The Kier molecular flexibility index (Phi) is 5.74. The number of carbonyl (C=O) groups is 1. The fourth-order valence-corrected chi connectivity index (χ4v) is 3.83. The number of rotatable bonds is 5. The molecule has 1 aromatic heterocycles. The molecule has 0 saturated carbocycles. The normalized spacial score (nSPS) is 10.8. The number of thiazole rings is 1. The quantitative estimate of drug-likeness (QED) is 0.599. The summed E-state index contributed by atoms with van der Waals surface area (Å²) in [5, 5.41) is 1.68. The van der Waals surface area contributed by atoms with Crippen molar-refractivity contribution in [2.45, 2.75) is 26.8 Å². The molecule has 5 heteroatoms. The Balaban J connectivity index is 1.74. The Bertz CT molecular complexity index is 901. The van der Waals surface area contributed by atoms with Crippen molar-refractivity contribution >= 4 is 28.8 Å². The molecule has 0 atom stereocenters. The van der Waals surface area contributed by atoms with Gasteiger partial charge >= 0.3 is 0 Å². The number of aryl methyl sites for hydroxylation is 2. The number of hydrogen-bond donors (Lipinski definition) is 0. The second-order valence-electron chi connectivity index (χ2n) is 6.42. The number of amides is 1. The Labute approximate surface area is 163 Å². The highest BCUT2D eigenvalue weighted by molar-refractivity contribution is 7.12. The maximum absolute atomic E-state index is 12.7. The lowest BCUT2D eigenvalue weighted by Crippen LogP contribution is -2.27. The SMILES string of the molecule is Cc1ccc(-c2nc(C)sc2CC(=O)N(C)Cc2ccc(Cl)cc2)cc1. The lowest BCUT2D eigenvalue weighted by Gasteiger charge is -2.17. The minimum absolute atomic E-state index is 0.0805. The van der Waals surface area contributed by atoms with Gasteiger partial charge in [0.15, 0.2) is 0 Å². The second kappa shape index (κ2) is 8.02. The first-order chi connectivity index (χ1) is 12.4. The van der Waals surface area contributed by atoms with E-state index >= 15 is 0 Å². The zero-order chi connectivity index (χ0) is 18.7. The number of likely N-dealkylation sites (N-methyl/N-ethyl adjacent to an activating group) is 1. The van der Waals surface area contributed by atoms with E-state index in [-0.39, 0.29) is 5.91 Å². The van der Waals surface area contributed by atoms with Crippen molar-refractivity contribution in [2.75, 3.05) is 7.05 Å². The molecule has 0 N–H and O–H groups in total. The van der Waals surface area contributed by atoms with Crippen LogP contribution in [0.1, 0.15) is 21.0 Å². The number of nitrogens with zero attached hydrogens (tertiary/aromatic N) is 2. The van der Waals surface area contributed by atoms with E-state index in [4.69, 9.17) is 11.6 Å². The fraction of sp³-hybridized carbons (Fsp3) is 0.238. The van der Waals surface area contributed by atoms with Crippen molar-refractivity contribution < 1.29 is 4.79 Å². The van der Waals surface area contributed by atoms with Gasteiger partial charge in [-0.15, -0.1) is 11.3 Å². The molecule has 0 fully saturated rings. The third kappa shape index (κ3) is 4.51. The standard InChI is InChI=1S/C21H21ClN2OS/c1-14-4-8-17(9-5-14)21-19(26-15(2)23-21)12-20(25)24(3)13-16-6-10-18(22)11-7-16/h4-11H,12-13H2,1-3H3. The molecular weight excluding hydrogens is 364 g/mol. The number of hydrogen-bond acceptors (Lipinski definition) is 3. The summed E-state index contributed by atoms with van der Waals surface area (Å²) >= 11 is 7.51. The van der Waals surface area contributed by atoms with Crippen LogP contribution < -0.4 is 0 Å². The third-order valence-corrected chi connectivity index (χ3v) is 5.42. The lowest BCUT2D eigenvalue weighted by atomic mass is 10.1. The topological polar surface area (TPSA) is 33.2 Å². The van der Waals surface area contributed by atoms with Crippen LogP contribution in [0.4, 0.5) is 0 Å². The maximum atomic E-state index is 12.7. The molecule has 0 bridgehead atoms. The summed E-state index contributed by atoms with van der Waals surface area (Å²) in [6.07, 6.45) is 0.360. The van der Waals surface area contributed by atoms with Gasteiger partial charge in [-0.25, -0.2) is 4.98 Å². The van der Waals surface area contributed by atoms with Crippen molar-refractivity contribution in [3.05, 3.63) is 74.6 Å². The van der Waals surface area contributed by atoms with Crippen LogP contribution in [0.3, 0.4) is 0 Å². The molecule has 2 aromatic carbocycles. The van der Waals surface area contributed by atoms with Crippen molar-refractivity contribution in [3.63, 3.8) is 0 Å². The largest absolute Gasteiger partial charge is 0.341 e. The minimum Gasteiger partial charge on any atom is -0.341 e. The van der Waals surface area contributed by atoms with Gasteiger partial charge in [0, 0.05) is 29.1 Å². The first-order valence-electron chi connectivity index (χ1n) is 8.44. The summed E-state index contributed by atoms with van der Waals surface area (Å²) in [7, 11) is 1.83. The van der Waals surface area contributed by atoms with E-state index in [0.29, 0.717) is 18.0 Å². The summed E-state index contributed by atoms with van der Waals surface area (Å²) in [4.78, 5) is 20.1. The van der Waals surface area contributed by atoms with E-state index in [1.54, 1.807) is 16.2 Å². The van der Waals surface area contributed by atoms with Gasteiger partial charge < -0.3 is 4.90 Å². The molecule has 0 saturated heterocycles. The van der Waals surface area contributed by atoms with Crippen molar-refractivity contribution in [3.8, 4) is 11.3 Å². The van der Waals surface area contributed by atoms with E-state index < -0.39 is 0 Å². The molecule has 26 heavy (non-hydrogen) atoms. The van der Waals surface area contributed by atoms with E-state index in [0.717, 1.165) is 26.7 Å². The monoisotopic (exact) mass is 384 g/mol. The number of aromatic nitrogens is 1. The molecule has 0 unspecified atom stereocenters. The smallest absolute Gasteiger partial charge is 0.227 e. The summed E-state index contributed by atoms with van der Waals surface area (Å²) in [5.41, 5.74) is 4.24. The van der Waals surface area contributed by atoms with Crippen LogP contribution in [0.2, 0.25) is 5.02 Å². The molecule has 1 amide bonds. The second-order valence-corrected chi connectivity index (χ2v) is 8.15. The molecule has 3 nitrogen and oxygen atoms in total. The van der Waals surface area contributed by atoms with Gasteiger partial charge in [-0.2, -0.15) is 0 Å². The van der Waals surface area contributed by atoms with E-state index in [1.165, 1.54) is 5.56 Å². The molecule has 0 radical (unpaired) electrons. The Morgan fingerprint density at radius 1 is 1.08 bits per heavy atom. The summed E-state index contributed by atoms with van der Waals surface area (Å²) in [6, 6.07) is 15.9. The first kappa shape index (κ1) is 18.6. The molecule has 134 valence electrons. The average Bonchev–Trinajstić information content (AvgIpc) is 2.97. The molecule has 0 aliphatic rings. The van der Waals surface area contributed by atoms with Crippen molar-refractivity contribution in [1.29, 1.82) is 0 Å². The van der Waals surface area contributed by atoms with Crippen molar-refractivity contribution in [2.24, 2.45) is 0 Å².